The summed E-state index contributed by atoms with van der Waals surface area (Å²) in [5.74, 6) is 0. The van der Waals surface area contributed by atoms with Gasteiger partial charge in [0.15, 0.2) is 4.73 Å². The van der Waals surface area contributed by atoms with Crippen molar-refractivity contribution >= 4 is 64.3 Å². The number of aliphatic hydroxyl groups is 4. The van der Waals surface area contributed by atoms with Gasteiger partial charge in [0.1, 0.15) is 8.42 Å². The van der Waals surface area contributed by atoms with Gasteiger partial charge in [0.2, 0.25) is 11.2 Å². The van der Waals surface area contributed by atoms with E-state index in [-0.39, 0.29) is 40.2 Å². The molecule has 0 spiro atoms. The molecule has 8 rings (SSSR count). The Morgan fingerprint density at radius 3 is 1.81 bits per heavy atom. The molecule has 4 aliphatic heterocycles. The van der Waals surface area contributed by atoms with Crippen LogP contribution in [0.25, 0.3) is 0 Å². The molecule has 4 aromatic rings. The molecule has 5 N–H and O–H groups in total. The van der Waals surface area contributed by atoms with Crippen molar-refractivity contribution in [3.8, 4) is 0 Å². The van der Waals surface area contributed by atoms with Gasteiger partial charge in [-0.25, -0.2) is 26.8 Å². The van der Waals surface area contributed by atoms with E-state index in [1.165, 1.54) is 47.0 Å². The molecular formula is C45H61BrF6N8O9S4. The number of aliphatic hydroxyl groups excluding tert-OH is 2. The van der Waals surface area contributed by atoms with E-state index in [4.69, 9.17) is 9.84 Å². The molecule has 0 radical (unpaired) electrons. The van der Waals surface area contributed by atoms with Gasteiger partial charge in [0.25, 0.3) is 20.0 Å². The molecule has 4 saturated heterocycles. The maximum absolute atomic E-state index is 13.4. The molecule has 408 valence electrons. The van der Waals surface area contributed by atoms with Crippen LogP contribution in [0.3, 0.4) is 0 Å². The number of benzene rings is 1. The first-order valence-electron chi connectivity index (χ1n) is 23.4. The molecule has 0 aliphatic carbocycles. The SMILES string of the molecule is C[C@H]1CCCCN1C[C@H]1CN(S(=O)(=O)c2cccs2)CCN1.C[C@H]1COCCN1C[C@H]1CN(S(=O)(=O)c2cccs2)CCN1c1ccc(C(O)(CO)C(F)(F)F)cc1.OCC(O)(c1cnc(Br)nc1)C(F)(F)F. The van der Waals surface area contributed by atoms with Gasteiger partial charge in [-0.1, -0.05) is 30.7 Å². The fraction of sp³-hybridized carbons (Fsp3) is 0.600. The van der Waals surface area contributed by atoms with Crippen LogP contribution in [0.15, 0.2) is 84.8 Å². The molecule has 28 heteroatoms. The standard InChI is InChI=1S/C23H30F3N3O5S2.C15H25N3O2S2.C7H6BrF3N2O2/c1-17-15-34-11-10-27(17)13-20-14-28(36(32,33)21-3-2-12-35-21)8-9-29(20)19-6-4-18(5-7-19)22(31,16-30)23(24,25)26;1-13-5-2-3-8-17(13)11-14-12-18(9-7-16-14)22(19,20)15-6-4-10-21-15;8-5-12-1-4(2-13-5)6(15,3-14)7(9,10)11/h2-7,12,17,20,30-31H,8-11,13-16H2,1H3;4,6,10,13-14,16H,2-3,5,7-9,11-12H2,1H3;1-2,14-15H,3H2/t17-,20-,22?;13-,14-;/m00./s1. The molecule has 73 heavy (non-hydrogen) atoms. The third-order valence-corrected chi connectivity index (χ3v) is 20.2. The Balaban J connectivity index is 0.000000199. The number of halogens is 7. The van der Waals surface area contributed by atoms with Crippen LogP contribution in [0.5, 0.6) is 0 Å². The number of hydrogen-bond donors (Lipinski definition) is 5. The van der Waals surface area contributed by atoms with Crippen LogP contribution in [0.2, 0.25) is 0 Å². The van der Waals surface area contributed by atoms with Crippen LogP contribution in [0.4, 0.5) is 32.0 Å². The fourth-order valence-corrected chi connectivity index (χ4v) is 14.4. The van der Waals surface area contributed by atoms with Gasteiger partial charge in [-0.15, -0.1) is 22.7 Å². The topological polar surface area (TPSA) is 212 Å². The van der Waals surface area contributed by atoms with Gasteiger partial charge in [-0.05, 0) is 89.8 Å². The summed E-state index contributed by atoms with van der Waals surface area (Å²) in [6.45, 7) is 8.44. The smallest absolute Gasteiger partial charge is 0.393 e. The predicted octanol–water partition coefficient (Wildman–Crippen LogP) is 4.66. The minimum absolute atomic E-state index is 0.0914. The number of morpholine rings is 1. The highest BCUT2D eigenvalue weighted by molar-refractivity contribution is 9.10. The van der Waals surface area contributed by atoms with Crippen molar-refractivity contribution in [3.63, 3.8) is 0 Å². The second-order valence-electron chi connectivity index (χ2n) is 18.2. The highest BCUT2D eigenvalue weighted by Gasteiger charge is 2.56. The largest absolute Gasteiger partial charge is 0.423 e. The summed E-state index contributed by atoms with van der Waals surface area (Å²) in [6, 6.07) is 12.7. The zero-order valence-electron chi connectivity index (χ0n) is 40.0. The minimum atomic E-state index is -5.04. The summed E-state index contributed by atoms with van der Waals surface area (Å²) < 4.78 is 139. The number of anilines is 1. The number of rotatable bonds is 13. The molecule has 0 saturated carbocycles. The van der Waals surface area contributed by atoms with E-state index in [9.17, 15) is 58.5 Å². The average molecular weight is 1180 g/mol. The molecule has 6 atom stereocenters. The summed E-state index contributed by atoms with van der Waals surface area (Å²) in [5.41, 5.74) is -7.14. The molecular weight excluding hydrogens is 1120 g/mol. The summed E-state index contributed by atoms with van der Waals surface area (Å²) in [4.78, 5) is 13.6. The molecule has 0 bridgehead atoms. The van der Waals surface area contributed by atoms with Crippen molar-refractivity contribution < 1.29 is 68.3 Å². The summed E-state index contributed by atoms with van der Waals surface area (Å²) in [7, 11) is -6.97. The number of ether oxygens (including phenoxy) is 1. The van der Waals surface area contributed by atoms with Gasteiger partial charge in [0, 0.05) is 101 Å². The molecule has 2 unspecified atom stereocenters. The van der Waals surface area contributed by atoms with Crippen molar-refractivity contribution in [2.75, 3.05) is 96.8 Å². The predicted molar refractivity (Wildman–Crippen MR) is 266 cm³/mol. The number of nitrogens with zero attached hydrogens (tertiary/aromatic N) is 7. The monoisotopic (exact) mass is 1180 g/mol. The Morgan fingerprint density at radius 2 is 1.29 bits per heavy atom. The Bertz CT molecular complexity index is 2560. The number of hydrogen-bond acceptors (Lipinski definition) is 17. The minimum Gasteiger partial charge on any atom is -0.393 e. The third kappa shape index (κ3) is 14.2. The lowest BCUT2D eigenvalue weighted by molar-refractivity contribution is -0.278. The van der Waals surface area contributed by atoms with Gasteiger partial charge >= 0.3 is 12.4 Å². The van der Waals surface area contributed by atoms with Crippen molar-refractivity contribution in [2.24, 2.45) is 0 Å². The molecule has 17 nitrogen and oxygen atoms in total. The van der Waals surface area contributed by atoms with E-state index in [0.717, 1.165) is 55.5 Å². The highest BCUT2D eigenvalue weighted by Crippen LogP contribution is 2.40. The quantitative estimate of drug-likeness (QED) is 0.0911. The van der Waals surface area contributed by atoms with E-state index >= 15 is 0 Å². The van der Waals surface area contributed by atoms with Crippen LogP contribution in [0.1, 0.15) is 44.2 Å². The molecule has 4 fully saturated rings. The molecule has 0 amide bonds. The first-order chi connectivity index (χ1) is 34.3. The lowest BCUT2D eigenvalue weighted by Gasteiger charge is -2.45. The lowest BCUT2D eigenvalue weighted by Crippen LogP contribution is -2.60. The number of thiophene rings is 2. The normalized spacial score (nSPS) is 24.1. The van der Waals surface area contributed by atoms with Crippen LogP contribution in [0, 0.1) is 0 Å². The number of aromatic nitrogens is 2. The lowest BCUT2D eigenvalue weighted by atomic mass is 9.93. The number of nitrogens with one attached hydrogen (secondary N) is 1. The maximum Gasteiger partial charge on any atom is 0.423 e. The number of likely N-dealkylation sites (tertiary alicyclic amines) is 1. The Hall–Kier alpha value is -2.94. The molecule has 7 heterocycles. The van der Waals surface area contributed by atoms with Crippen LogP contribution in [-0.4, -0.2) is 194 Å². The number of piperazine rings is 2. The molecule has 3 aromatic heterocycles. The van der Waals surface area contributed by atoms with Crippen molar-refractivity contribution in [2.45, 2.75) is 89.3 Å². The fourth-order valence-electron chi connectivity index (χ4n) is 8.91. The van der Waals surface area contributed by atoms with Gasteiger partial charge in [-0.2, -0.15) is 35.0 Å². The van der Waals surface area contributed by atoms with Gasteiger partial charge in [-0.3, -0.25) is 9.80 Å². The third-order valence-electron chi connectivity index (χ3n) is 13.4. The number of sulfonamides is 2. The van der Waals surface area contributed by atoms with Crippen molar-refractivity contribution in [1.29, 1.82) is 0 Å². The zero-order chi connectivity index (χ0) is 53.4. The molecule has 1 aromatic carbocycles. The van der Waals surface area contributed by atoms with Gasteiger partial charge in [0.05, 0.1) is 32.5 Å². The Labute approximate surface area is 437 Å². The van der Waals surface area contributed by atoms with Crippen LogP contribution >= 0.6 is 38.6 Å². The summed E-state index contributed by atoms with van der Waals surface area (Å²) >= 11 is 5.30. The average Bonchev–Trinajstić information content (AvgIpc) is 4.13. The second-order valence-corrected chi connectivity index (χ2v) is 25.1. The van der Waals surface area contributed by atoms with E-state index in [1.807, 2.05) is 17.2 Å². The second kappa shape index (κ2) is 25.0. The number of alkyl halides is 6. The van der Waals surface area contributed by atoms with Crippen molar-refractivity contribution in [3.05, 3.63) is 87.5 Å². The van der Waals surface area contributed by atoms with Crippen LogP contribution in [-0.2, 0) is 36.0 Å². The zero-order valence-corrected chi connectivity index (χ0v) is 44.8. The van der Waals surface area contributed by atoms with Crippen molar-refractivity contribution in [1.82, 2.24) is 33.7 Å². The number of piperidine rings is 1. The summed E-state index contributed by atoms with van der Waals surface area (Å²) in [5, 5.41) is 44.2. The van der Waals surface area contributed by atoms with E-state index in [1.54, 1.807) is 34.0 Å². The molecule has 4 aliphatic rings. The van der Waals surface area contributed by atoms with Crippen LogP contribution < -0.4 is 10.2 Å². The Kier molecular flexibility index (Phi) is 20.3. The highest BCUT2D eigenvalue weighted by atomic mass is 79.9. The maximum atomic E-state index is 13.4. The van der Waals surface area contributed by atoms with Gasteiger partial charge < -0.3 is 35.4 Å². The van der Waals surface area contributed by atoms with E-state index in [0.29, 0.717) is 61.9 Å². The first kappa shape index (κ1) is 59.3. The Morgan fingerprint density at radius 1 is 0.726 bits per heavy atom. The summed E-state index contributed by atoms with van der Waals surface area (Å²) in [6.07, 6.45) is -4.62. The first-order valence-corrected chi connectivity index (χ1v) is 28.8. The van der Waals surface area contributed by atoms with E-state index in [2.05, 4.69) is 47.9 Å². The van der Waals surface area contributed by atoms with E-state index < -0.39 is 67.9 Å².